The molecular weight excluding hydrogens is 390 g/mol. The number of ether oxygens (including phenoxy) is 2. The van der Waals surface area contributed by atoms with Crippen LogP contribution in [0, 0.1) is 6.92 Å². The molecule has 0 aliphatic carbocycles. The van der Waals surface area contributed by atoms with Gasteiger partial charge >= 0.3 is 0 Å². The number of nitrogens with zero attached hydrogens (tertiary/aromatic N) is 4. The van der Waals surface area contributed by atoms with Crippen LogP contribution in [0.15, 0.2) is 6.07 Å². The zero-order chi connectivity index (χ0) is 22.4. The van der Waals surface area contributed by atoms with Gasteiger partial charge in [-0.1, -0.05) is 27.7 Å². The molecule has 0 amide bonds. The van der Waals surface area contributed by atoms with Crippen LogP contribution in [0.3, 0.4) is 0 Å². The molecule has 1 saturated heterocycles. The van der Waals surface area contributed by atoms with E-state index in [-0.39, 0.29) is 6.10 Å². The Balaban J connectivity index is 2.06. The molecule has 7 nitrogen and oxygen atoms in total. The molecule has 0 unspecified atom stereocenters. The van der Waals surface area contributed by atoms with Crippen molar-refractivity contribution in [1.29, 1.82) is 0 Å². The second kappa shape index (κ2) is 10.8. The molecule has 0 radical (unpaired) electrons. The fraction of sp³-hybridized carbons (Fsp3) is 0.625. The van der Waals surface area contributed by atoms with Crippen molar-refractivity contribution in [3.63, 3.8) is 0 Å². The molecule has 170 valence electrons. The van der Waals surface area contributed by atoms with Gasteiger partial charge in [-0.25, -0.2) is 15.0 Å². The zero-order valence-electron chi connectivity index (χ0n) is 19.9. The molecule has 1 aliphatic heterocycles. The summed E-state index contributed by atoms with van der Waals surface area (Å²) in [6.07, 6.45) is 3.71. The predicted octanol–water partition coefficient (Wildman–Crippen LogP) is 4.42. The molecule has 1 aliphatic rings. The molecule has 1 fully saturated rings. The van der Waals surface area contributed by atoms with E-state index < -0.39 is 0 Å². The Hall–Kier alpha value is -2.41. The fourth-order valence-electron chi connectivity index (χ4n) is 3.96. The number of rotatable bonds is 9. The summed E-state index contributed by atoms with van der Waals surface area (Å²) in [7, 11) is 1.86. The van der Waals surface area contributed by atoms with Gasteiger partial charge in [-0.2, -0.15) is 0 Å². The van der Waals surface area contributed by atoms with Gasteiger partial charge in [-0.05, 0) is 44.2 Å². The third-order valence-electron chi connectivity index (χ3n) is 5.91. The van der Waals surface area contributed by atoms with E-state index in [1.165, 1.54) is 5.56 Å². The van der Waals surface area contributed by atoms with Crippen LogP contribution in [-0.4, -0.2) is 54.4 Å². The average Bonchev–Trinajstić information content (AvgIpc) is 2.82. The molecule has 0 saturated carbocycles. The minimum atomic E-state index is 0.139. The lowest BCUT2D eigenvalue weighted by atomic mass is 10.0. The molecule has 0 aromatic carbocycles. The van der Waals surface area contributed by atoms with Crippen LogP contribution in [0.25, 0.3) is 11.3 Å². The summed E-state index contributed by atoms with van der Waals surface area (Å²) in [5.41, 5.74) is 5.07. The first kappa shape index (κ1) is 23.3. The van der Waals surface area contributed by atoms with Crippen molar-refractivity contribution in [2.45, 2.75) is 66.4 Å². The molecule has 7 heteroatoms. The molecule has 1 N–H and O–H groups in total. The highest BCUT2D eigenvalue weighted by Crippen LogP contribution is 2.33. The molecule has 3 heterocycles. The lowest BCUT2D eigenvalue weighted by molar-refractivity contribution is 0.122. The number of pyridine rings is 1. The highest BCUT2D eigenvalue weighted by atomic mass is 16.5. The molecular formula is C24H37N5O2. The van der Waals surface area contributed by atoms with E-state index in [4.69, 9.17) is 24.4 Å². The monoisotopic (exact) mass is 427 g/mol. The number of aromatic nitrogens is 3. The first-order chi connectivity index (χ1) is 15.1. The van der Waals surface area contributed by atoms with Crippen molar-refractivity contribution in [2.24, 2.45) is 0 Å². The third kappa shape index (κ3) is 5.09. The van der Waals surface area contributed by atoms with Crippen molar-refractivity contribution >= 4 is 11.6 Å². The summed E-state index contributed by atoms with van der Waals surface area (Å²) in [6.45, 7) is 13.9. The lowest BCUT2D eigenvalue weighted by Crippen LogP contribution is -2.37. The number of morpholine rings is 1. The Morgan fingerprint density at radius 3 is 2.35 bits per heavy atom. The second-order valence-corrected chi connectivity index (χ2v) is 7.89. The quantitative estimate of drug-likeness (QED) is 0.635. The Bertz CT molecular complexity index is 877. The summed E-state index contributed by atoms with van der Waals surface area (Å²) in [6, 6.07) is 2.25. The van der Waals surface area contributed by atoms with Gasteiger partial charge in [0.1, 0.15) is 11.9 Å². The Morgan fingerprint density at radius 2 is 1.77 bits per heavy atom. The van der Waals surface area contributed by atoms with Crippen molar-refractivity contribution in [3.8, 4) is 17.1 Å². The van der Waals surface area contributed by atoms with Crippen molar-refractivity contribution in [2.75, 3.05) is 43.6 Å². The SMILES string of the molecule is CCc1cc(-c2nc(NC)c(OC(CC)CC)nc2CC)c(C)nc1N1CCOCC1. The summed E-state index contributed by atoms with van der Waals surface area (Å²) in [5.74, 6) is 2.33. The third-order valence-corrected chi connectivity index (χ3v) is 5.91. The van der Waals surface area contributed by atoms with E-state index in [0.29, 0.717) is 11.7 Å². The topological polar surface area (TPSA) is 72.4 Å². The first-order valence-electron chi connectivity index (χ1n) is 11.6. The van der Waals surface area contributed by atoms with E-state index in [9.17, 15) is 0 Å². The van der Waals surface area contributed by atoms with Gasteiger partial charge in [0.15, 0.2) is 5.82 Å². The van der Waals surface area contributed by atoms with E-state index in [1.54, 1.807) is 0 Å². The van der Waals surface area contributed by atoms with E-state index in [0.717, 1.165) is 80.4 Å². The van der Waals surface area contributed by atoms with Gasteiger partial charge in [0.05, 0.1) is 24.6 Å². The Labute approximate surface area is 186 Å². The smallest absolute Gasteiger partial charge is 0.257 e. The minimum absolute atomic E-state index is 0.139. The molecule has 0 bridgehead atoms. The highest BCUT2D eigenvalue weighted by Gasteiger charge is 2.22. The fourth-order valence-corrected chi connectivity index (χ4v) is 3.96. The highest BCUT2D eigenvalue weighted by molar-refractivity contribution is 5.70. The van der Waals surface area contributed by atoms with Crippen LogP contribution in [0.1, 0.15) is 57.5 Å². The van der Waals surface area contributed by atoms with E-state index in [1.807, 2.05) is 7.05 Å². The number of nitrogens with one attached hydrogen (secondary N) is 1. The molecule has 2 aromatic rings. The van der Waals surface area contributed by atoms with Crippen LogP contribution >= 0.6 is 0 Å². The van der Waals surface area contributed by atoms with Crippen LogP contribution < -0.4 is 15.0 Å². The second-order valence-electron chi connectivity index (χ2n) is 7.89. The van der Waals surface area contributed by atoms with Crippen LogP contribution in [-0.2, 0) is 17.6 Å². The van der Waals surface area contributed by atoms with Gasteiger partial charge < -0.3 is 19.7 Å². The van der Waals surface area contributed by atoms with Gasteiger partial charge in [0.25, 0.3) is 5.88 Å². The van der Waals surface area contributed by atoms with Gasteiger partial charge in [0, 0.05) is 31.4 Å². The summed E-state index contributed by atoms with van der Waals surface area (Å²) in [4.78, 5) is 17.2. The van der Waals surface area contributed by atoms with Crippen LogP contribution in [0.4, 0.5) is 11.6 Å². The number of hydrogen-bond acceptors (Lipinski definition) is 7. The van der Waals surface area contributed by atoms with Gasteiger partial charge in [0.2, 0.25) is 0 Å². The summed E-state index contributed by atoms with van der Waals surface area (Å²) < 4.78 is 11.7. The standard InChI is InChI=1S/C24H37N5O2/c1-7-17-15-19(16(5)26-23(17)29-11-13-30-14-12-29)21-20(10-4)27-24(22(25-6)28-21)31-18(8-2)9-3/h15,18H,7-14H2,1-6H3,(H,25,28). The van der Waals surface area contributed by atoms with Crippen molar-refractivity contribution in [3.05, 3.63) is 23.0 Å². The van der Waals surface area contributed by atoms with E-state index in [2.05, 4.69) is 50.9 Å². The van der Waals surface area contributed by atoms with Gasteiger partial charge in [-0.3, -0.25) is 0 Å². The number of anilines is 2. The average molecular weight is 428 g/mol. The lowest BCUT2D eigenvalue weighted by Gasteiger charge is -2.30. The Morgan fingerprint density at radius 1 is 1.06 bits per heavy atom. The van der Waals surface area contributed by atoms with Crippen molar-refractivity contribution < 1.29 is 9.47 Å². The van der Waals surface area contributed by atoms with E-state index >= 15 is 0 Å². The Kier molecular flexibility index (Phi) is 8.07. The zero-order valence-corrected chi connectivity index (χ0v) is 19.9. The van der Waals surface area contributed by atoms with Gasteiger partial charge in [-0.15, -0.1) is 0 Å². The number of hydrogen-bond donors (Lipinski definition) is 1. The number of aryl methyl sites for hydroxylation is 3. The maximum Gasteiger partial charge on any atom is 0.257 e. The minimum Gasteiger partial charge on any atom is -0.472 e. The summed E-state index contributed by atoms with van der Waals surface area (Å²) in [5, 5.41) is 3.18. The summed E-state index contributed by atoms with van der Waals surface area (Å²) >= 11 is 0. The predicted molar refractivity (Wildman–Crippen MR) is 126 cm³/mol. The maximum absolute atomic E-state index is 6.17. The maximum atomic E-state index is 6.17. The molecule has 3 rings (SSSR count). The molecule has 2 aromatic heterocycles. The van der Waals surface area contributed by atoms with Crippen LogP contribution in [0.5, 0.6) is 5.88 Å². The molecule has 31 heavy (non-hydrogen) atoms. The first-order valence-corrected chi connectivity index (χ1v) is 11.6. The molecule has 0 spiro atoms. The van der Waals surface area contributed by atoms with Crippen molar-refractivity contribution in [1.82, 2.24) is 15.0 Å². The normalized spacial score (nSPS) is 14.2. The van der Waals surface area contributed by atoms with Crippen LogP contribution in [0.2, 0.25) is 0 Å². The largest absolute Gasteiger partial charge is 0.472 e. The molecule has 0 atom stereocenters.